The fourth-order valence-electron chi connectivity index (χ4n) is 2.66. The van der Waals surface area contributed by atoms with Gasteiger partial charge in [0.25, 0.3) is 0 Å². The minimum absolute atomic E-state index is 0.0235. The van der Waals surface area contributed by atoms with Crippen molar-refractivity contribution < 1.29 is 19.4 Å². The summed E-state index contributed by atoms with van der Waals surface area (Å²) in [6, 6.07) is 10.6. The van der Waals surface area contributed by atoms with E-state index in [0.29, 0.717) is 36.3 Å². The molecule has 0 aromatic heterocycles. The number of carbonyl (C=O) groups is 1. The van der Waals surface area contributed by atoms with Crippen LogP contribution in [0.4, 0.5) is 0 Å². The van der Waals surface area contributed by atoms with Gasteiger partial charge in [-0.1, -0.05) is 53.5 Å². The maximum Gasteiger partial charge on any atom is 0.320 e. The Bertz CT molecular complexity index is 796. The molecule has 0 fully saturated rings. The Labute approximate surface area is 179 Å². The van der Waals surface area contributed by atoms with Gasteiger partial charge in [0.1, 0.15) is 12.6 Å². The zero-order chi connectivity index (χ0) is 20.7. The van der Waals surface area contributed by atoms with Gasteiger partial charge < -0.3 is 19.9 Å². The van der Waals surface area contributed by atoms with E-state index in [2.05, 4.69) is 21.2 Å². The summed E-state index contributed by atoms with van der Waals surface area (Å²) < 4.78 is 12.5. The zero-order valence-corrected chi connectivity index (χ0v) is 18.5. The van der Waals surface area contributed by atoms with Crippen LogP contribution < -0.4 is 14.8 Å². The summed E-state index contributed by atoms with van der Waals surface area (Å²) in [5.74, 6) is 0.350. The molecule has 0 aliphatic heterocycles. The molecule has 28 heavy (non-hydrogen) atoms. The summed E-state index contributed by atoms with van der Waals surface area (Å²) >= 11 is 9.47. The maximum atomic E-state index is 11.4. The molecule has 0 spiro atoms. The lowest BCUT2D eigenvalue weighted by Gasteiger charge is -2.20. The molecule has 0 bridgehead atoms. The number of halogens is 2. The van der Waals surface area contributed by atoms with Crippen molar-refractivity contribution in [2.45, 2.75) is 40.0 Å². The van der Waals surface area contributed by atoms with E-state index in [0.717, 1.165) is 15.6 Å². The second-order valence-corrected chi connectivity index (χ2v) is 7.97. The number of carboxylic acid groups (broad SMARTS) is 1. The van der Waals surface area contributed by atoms with Crippen molar-refractivity contribution in [2.24, 2.45) is 5.92 Å². The van der Waals surface area contributed by atoms with Crippen LogP contribution in [0.25, 0.3) is 0 Å². The van der Waals surface area contributed by atoms with E-state index in [4.69, 9.17) is 21.1 Å². The lowest BCUT2D eigenvalue weighted by atomic mass is 10.0. The van der Waals surface area contributed by atoms with Crippen molar-refractivity contribution in [2.75, 3.05) is 6.61 Å². The van der Waals surface area contributed by atoms with Crippen LogP contribution in [-0.2, 0) is 17.9 Å². The summed E-state index contributed by atoms with van der Waals surface area (Å²) in [5, 5.41) is 13.1. The highest BCUT2D eigenvalue weighted by Crippen LogP contribution is 2.34. The minimum Gasteiger partial charge on any atom is -0.490 e. The highest BCUT2D eigenvalue weighted by atomic mass is 79.9. The molecular formula is C21H25BrClNO4. The summed E-state index contributed by atoms with van der Waals surface area (Å²) in [5.41, 5.74) is 1.89. The highest BCUT2D eigenvalue weighted by molar-refractivity contribution is 9.10. The number of ether oxygens (including phenoxy) is 2. The number of carboxylic acids is 1. The first-order valence-corrected chi connectivity index (χ1v) is 10.3. The van der Waals surface area contributed by atoms with E-state index in [-0.39, 0.29) is 5.92 Å². The third kappa shape index (κ3) is 6.40. The summed E-state index contributed by atoms with van der Waals surface area (Å²) in [7, 11) is 0. The average Bonchev–Trinajstić information content (AvgIpc) is 2.63. The van der Waals surface area contributed by atoms with Crippen molar-refractivity contribution in [1.82, 2.24) is 5.32 Å². The molecule has 2 N–H and O–H groups in total. The van der Waals surface area contributed by atoms with Gasteiger partial charge in [-0.25, -0.2) is 0 Å². The Morgan fingerprint density at radius 1 is 1.18 bits per heavy atom. The van der Waals surface area contributed by atoms with Gasteiger partial charge in [0.05, 0.1) is 6.61 Å². The first-order valence-electron chi connectivity index (χ1n) is 9.10. The predicted molar refractivity (Wildman–Crippen MR) is 114 cm³/mol. The van der Waals surface area contributed by atoms with E-state index >= 15 is 0 Å². The molecule has 0 heterocycles. The van der Waals surface area contributed by atoms with Crippen LogP contribution in [0.3, 0.4) is 0 Å². The van der Waals surface area contributed by atoms with Crippen molar-refractivity contribution in [3.8, 4) is 11.5 Å². The molecule has 0 aliphatic carbocycles. The van der Waals surface area contributed by atoms with Crippen LogP contribution in [0.1, 0.15) is 31.9 Å². The van der Waals surface area contributed by atoms with Gasteiger partial charge in [0.15, 0.2) is 11.5 Å². The first-order chi connectivity index (χ1) is 13.3. The molecule has 2 aromatic carbocycles. The van der Waals surface area contributed by atoms with Gasteiger partial charge in [0.2, 0.25) is 0 Å². The smallest absolute Gasteiger partial charge is 0.320 e. The normalized spacial score (nSPS) is 12.1. The largest absolute Gasteiger partial charge is 0.490 e. The quantitative estimate of drug-likeness (QED) is 0.494. The van der Waals surface area contributed by atoms with Gasteiger partial charge >= 0.3 is 5.97 Å². The fraction of sp³-hybridized carbons (Fsp3) is 0.381. The summed E-state index contributed by atoms with van der Waals surface area (Å²) in [6.07, 6.45) is 0. The Hall–Kier alpha value is -1.76. The van der Waals surface area contributed by atoms with Gasteiger partial charge in [-0.3, -0.25) is 4.79 Å². The maximum absolute atomic E-state index is 11.4. The molecule has 2 rings (SSSR count). The predicted octanol–water partition coefficient (Wildman–Crippen LogP) is 5.28. The number of nitrogens with one attached hydrogen (secondary N) is 1. The molecule has 1 atom stereocenters. The molecular weight excluding hydrogens is 446 g/mol. The average molecular weight is 471 g/mol. The number of rotatable bonds is 10. The second-order valence-electron chi connectivity index (χ2n) is 6.68. The Morgan fingerprint density at radius 2 is 1.82 bits per heavy atom. The van der Waals surface area contributed by atoms with E-state index in [1.165, 1.54) is 0 Å². The Morgan fingerprint density at radius 3 is 2.39 bits per heavy atom. The summed E-state index contributed by atoms with van der Waals surface area (Å²) in [6.45, 7) is 6.93. The standard InChI is InChI=1S/C21H25BrClNO4/c1-4-27-18-9-15(11-24-20(13(2)3)21(25)26)17(22)10-19(18)28-12-14-5-7-16(23)8-6-14/h5-10,13,20,24H,4,11-12H2,1-3H3,(H,25,26). The molecule has 1 unspecified atom stereocenters. The van der Waals surface area contributed by atoms with Crippen LogP contribution in [0.15, 0.2) is 40.9 Å². The molecule has 0 saturated carbocycles. The van der Waals surface area contributed by atoms with E-state index in [9.17, 15) is 9.90 Å². The molecule has 2 aromatic rings. The Balaban J connectivity index is 2.15. The molecule has 5 nitrogen and oxygen atoms in total. The van der Waals surface area contributed by atoms with Crippen molar-refractivity contribution in [3.63, 3.8) is 0 Å². The van der Waals surface area contributed by atoms with E-state index in [1.807, 2.05) is 57.2 Å². The molecule has 0 amide bonds. The Kier molecular flexibility index (Phi) is 8.60. The third-order valence-electron chi connectivity index (χ3n) is 4.17. The fourth-order valence-corrected chi connectivity index (χ4v) is 3.25. The lowest BCUT2D eigenvalue weighted by molar-refractivity contribution is -0.140. The highest BCUT2D eigenvalue weighted by Gasteiger charge is 2.21. The van der Waals surface area contributed by atoms with Crippen LogP contribution in [0.5, 0.6) is 11.5 Å². The summed E-state index contributed by atoms with van der Waals surface area (Å²) in [4.78, 5) is 11.4. The number of benzene rings is 2. The van der Waals surface area contributed by atoms with E-state index in [1.54, 1.807) is 0 Å². The van der Waals surface area contributed by atoms with Gasteiger partial charge in [-0.15, -0.1) is 0 Å². The topological polar surface area (TPSA) is 67.8 Å². The zero-order valence-electron chi connectivity index (χ0n) is 16.2. The van der Waals surface area contributed by atoms with Gasteiger partial charge in [-0.05, 0) is 48.2 Å². The SMILES string of the molecule is CCOc1cc(CNC(C(=O)O)C(C)C)c(Br)cc1OCc1ccc(Cl)cc1. The number of aliphatic carboxylic acids is 1. The molecule has 0 saturated heterocycles. The lowest BCUT2D eigenvalue weighted by Crippen LogP contribution is -2.40. The van der Waals surface area contributed by atoms with Crippen LogP contribution in [0.2, 0.25) is 5.02 Å². The van der Waals surface area contributed by atoms with Gasteiger partial charge in [0, 0.05) is 16.0 Å². The van der Waals surface area contributed by atoms with Crippen LogP contribution >= 0.6 is 27.5 Å². The molecule has 152 valence electrons. The molecule has 0 aliphatic rings. The number of hydrogen-bond donors (Lipinski definition) is 2. The monoisotopic (exact) mass is 469 g/mol. The molecule has 0 radical (unpaired) electrons. The van der Waals surface area contributed by atoms with Crippen molar-refractivity contribution in [3.05, 3.63) is 57.0 Å². The number of hydrogen-bond acceptors (Lipinski definition) is 4. The first kappa shape index (κ1) is 22.5. The second kappa shape index (κ2) is 10.7. The van der Waals surface area contributed by atoms with Crippen LogP contribution in [0, 0.1) is 5.92 Å². The van der Waals surface area contributed by atoms with Crippen LogP contribution in [-0.4, -0.2) is 23.7 Å². The van der Waals surface area contributed by atoms with Crippen molar-refractivity contribution >= 4 is 33.5 Å². The minimum atomic E-state index is -0.862. The third-order valence-corrected chi connectivity index (χ3v) is 5.16. The van der Waals surface area contributed by atoms with E-state index < -0.39 is 12.0 Å². The van der Waals surface area contributed by atoms with Crippen molar-refractivity contribution in [1.29, 1.82) is 0 Å². The molecule has 7 heteroatoms. The van der Waals surface area contributed by atoms with Gasteiger partial charge in [-0.2, -0.15) is 0 Å².